The topological polar surface area (TPSA) is 83.6 Å². The van der Waals surface area contributed by atoms with Gasteiger partial charge in [-0.25, -0.2) is 12.8 Å². The van der Waals surface area contributed by atoms with Gasteiger partial charge in [-0.1, -0.05) is 18.2 Å². The molecule has 0 atom stereocenters. The maximum Gasteiger partial charge on any atom is 0.243 e. The first-order chi connectivity index (χ1) is 13.1. The summed E-state index contributed by atoms with van der Waals surface area (Å²) in [4.78, 5) is 23.3. The van der Waals surface area contributed by atoms with Crippen LogP contribution in [-0.2, 0) is 21.2 Å². The van der Waals surface area contributed by atoms with E-state index in [1.165, 1.54) is 44.3 Å². The summed E-state index contributed by atoms with van der Waals surface area (Å²) in [5, 5.41) is 2.64. The van der Waals surface area contributed by atoms with E-state index in [1.807, 2.05) is 0 Å². The molecule has 0 heterocycles. The van der Waals surface area contributed by atoms with Crippen molar-refractivity contribution in [3.05, 3.63) is 63.9 Å². The van der Waals surface area contributed by atoms with Crippen LogP contribution >= 0.6 is 15.9 Å². The first-order valence-corrected chi connectivity index (χ1v) is 10.6. The Labute approximate surface area is 171 Å². The summed E-state index contributed by atoms with van der Waals surface area (Å²) in [7, 11) is -2.54. The van der Waals surface area contributed by atoms with E-state index in [0.29, 0.717) is 16.5 Å². The quantitative estimate of drug-likeness (QED) is 0.601. The van der Waals surface area contributed by atoms with E-state index in [9.17, 15) is 22.4 Å². The number of benzene rings is 2. The maximum atomic E-state index is 13.2. The standard InChI is InChI=1S/C19H20BrFN2O4S/c1-13(24)15-4-6-16(7-5-15)28(26,27)23(2)12-19(25)22-10-9-14-3-8-18(21)17(20)11-14/h3-8,11H,9-10,12H2,1-2H3,(H,22,25). The molecule has 6 nitrogen and oxygen atoms in total. The minimum Gasteiger partial charge on any atom is -0.355 e. The van der Waals surface area contributed by atoms with Crippen LogP contribution in [0.5, 0.6) is 0 Å². The molecule has 0 bridgehead atoms. The molecule has 1 N–H and O–H groups in total. The summed E-state index contributed by atoms with van der Waals surface area (Å²) in [5.41, 5.74) is 1.24. The van der Waals surface area contributed by atoms with Crippen LogP contribution in [0.1, 0.15) is 22.8 Å². The Morgan fingerprint density at radius 2 is 1.79 bits per heavy atom. The molecule has 2 aromatic carbocycles. The van der Waals surface area contributed by atoms with Crippen LogP contribution in [0.15, 0.2) is 51.8 Å². The van der Waals surface area contributed by atoms with Crippen molar-refractivity contribution in [3.63, 3.8) is 0 Å². The molecule has 0 spiro atoms. The molecular weight excluding hydrogens is 451 g/mol. The Balaban J connectivity index is 1.91. The average molecular weight is 471 g/mol. The van der Waals surface area contributed by atoms with E-state index in [0.717, 1.165) is 9.87 Å². The van der Waals surface area contributed by atoms with Crippen LogP contribution in [0.3, 0.4) is 0 Å². The summed E-state index contributed by atoms with van der Waals surface area (Å²) in [6, 6.07) is 10.1. The largest absolute Gasteiger partial charge is 0.355 e. The van der Waals surface area contributed by atoms with Gasteiger partial charge in [0.05, 0.1) is 15.9 Å². The van der Waals surface area contributed by atoms with Gasteiger partial charge in [0, 0.05) is 19.2 Å². The van der Waals surface area contributed by atoms with Crippen LogP contribution in [-0.4, -0.2) is 44.6 Å². The minimum atomic E-state index is -3.85. The SMILES string of the molecule is CC(=O)c1ccc(S(=O)(=O)N(C)CC(=O)NCCc2ccc(F)c(Br)c2)cc1. The first kappa shape index (κ1) is 22.2. The van der Waals surface area contributed by atoms with Crippen LogP contribution in [0, 0.1) is 5.82 Å². The molecule has 0 aromatic heterocycles. The van der Waals surface area contributed by atoms with E-state index in [-0.39, 0.29) is 29.6 Å². The number of carbonyl (C=O) groups is 2. The lowest BCUT2D eigenvalue weighted by molar-refractivity contribution is -0.121. The number of rotatable bonds is 8. The summed E-state index contributed by atoms with van der Waals surface area (Å²) >= 11 is 3.10. The molecule has 0 saturated heterocycles. The molecule has 2 aromatic rings. The van der Waals surface area contributed by atoms with E-state index < -0.39 is 15.9 Å². The molecule has 2 rings (SSSR count). The van der Waals surface area contributed by atoms with Gasteiger partial charge in [0.15, 0.2) is 5.78 Å². The van der Waals surface area contributed by atoms with Crippen molar-refractivity contribution in [1.82, 2.24) is 9.62 Å². The van der Waals surface area contributed by atoms with Crippen molar-refractivity contribution in [3.8, 4) is 0 Å². The van der Waals surface area contributed by atoms with Crippen molar-refractivity contribution in [2.24, 2.45) is 0 Å². The lowest BCUT2D eigenvalue weighted by Crippen LogP contribution is -2.39. The van der Waals surface area contributed by atoms with Crippen molar-refractivity contribution in [2.75, 3.05) is 20.1 Å². The van der Waals surface area contributed by atoms with Gasteiger partial charge in [-0.15, -0.1) is 0 Å². The van der Waals surface area contributed by atoms with Crippen molar-refractivity contribution in [1.29, 1.82) is 0 Å². The fraction of sp³-hybridized carbons (Fsp3) is 0.263. The highest BCUT2D eigenvalue weighted by atomic mass is 79.9. The van der Waals surface area contributed by atoms with Crippen molar-refractivity contribution in [2.45, 2.75) is 18.2 Å². The maximum absolute atomic E-state index is 13.2. The van der Waals surface area contributed by atoms with Gasteiger partial charge >= 0.3 is 0 Å². The van der Waals surface area contributed by atoms with E-state index in [2.05, 4.69) is 21.2 Å². The van der Waals surface area contributed by atoms with Gasteiger partial charge in [0.1, 0.15) is 5.82 Å². The summed E-state index contributed by atoms with van der Waals surface area (Å²) in [6.45, 7) is 1.34. The van der Waals surface area contributed by atoms with Crippen LogP contribution < -0.4 is 5.32 Å². The third-order valence-electron chi connectivity index (χ3n) is 4.06. The number of sulfonamides is 1. The molecule has 0 aliphatic heterocycles. The monoisotopic (exact) mass is 470 g/mol. The fourth-order valence-electron chi connectivity index (χ4n) is 2.43. The lowest BCUT2D eigenvalue weighted by Gasteiger charge is -2.17. The molecule has 28 heavy (non-hydrogen) atoms. The molecule has 0 unspecified atom stereocenters. The molecule has 0 saturated carbocycles. The number of amides is 1. The zero-order valence-electron chi connectivity index (χ0n) is 15.4. The van der Waals surface area contributed by atoms with Gasteiger partial charge in [-0.3, -0.25) is 9.59 Å². The lowest BCUT2D eigenvalue weighted by atomic mass is 10.1. The molecule has 0 fully saturated rings. The normalized spacial score (nSPS) is 11.5. The molecule has 1 amide bonds. The number of ketones is 1. The zero-order valence-corrected chi connectivity index (χ0v) is 17.8. The fourth-order valence-corrected chi connectivity index (χ4v) is 3.98. The number of nitrogens with one attached hydrogen (secondary N) is 1. The Morgan fingerprint density at radius 1 is 1.14 bits per heavy atom. The summed E-state index contributed by atoms with van der Waals surface area (Å²) in [6.07, 6.45) is 0.480. The third-order valence-corrected chi connectivity index (χ3v) is 6.48. The molecule has 0 aliphatic carbocycles. The smallest absolute Gasteiger partial charge is 0.243 e. The van der Waals surface area contributed by atoms with Gasteiger partial charge in [-0.2, -0.15) is 4.31 Å². The van der Waals surface area contributed by atoms with E-state index in [4.69, 9.17) is 0 Å². The van der Waals surface area contributed by atoms with Gasteiger partial charge in [0.25, 0.3) is 0 Å². The highest BCUT2D eigenvalue weighted by molar-refractivity contribution is 9.10. The molecule has 9 heteroatoms. The van der Waals surface area contributed by atoms with Crippen LogP contribution in [0.25, 0.3) is 0 Å². The molecule has 0 radical (unpaired) electrons. The molecule has 0 aliphatic rings. The number of halogens is 2. The first-order valence-electron chi connectivity index (χ1n) is 8.39. The predicted molar refractivity (Wildman–Crippen MR) is 107 cm³/mol. The number of nitrogens with zero attached hydrogens (tertiary/aromatic N) is 1. The van der Waals surface area contributed by atoms with E-state index in [1.54, 1.807) is 12.1 Å². The van der Waals surface area contributed by atoms with E-state index >= 15 is 0 Å². The number of hydrogen-bond acceptors (Lipinski definition) is 4. The molecule has 150 valence electrons. The Bertz CT molecular complexity index is 978. The number of carbonyl (C=O) groups excluding carboxylic acids is 2. The van der Waals surface area contributed by atoms with Gasteiger partial charge < -0.3 is 5.32 Å². The highest BCUT2D eigenvalue weighted by Gasteiger charge is 2.23. The molecular formula is C19H20BrFN2O4S. The number of hydrogen-bond donors (Lipinski definition) is 1. The second-order valence-electron chi connectivity index (χ2n) is 6.19. The van der Waals surface area contributed by atoms with Crippen LogP contribution in [0.2, 0.25) is 0 Å². The van der Waals surface area contributed by atoms with Gasteiger partial charge in [-0.05, 0) is 59.1 Å². The Morgan fingerprint density at radius 3 is 2.36 bits per heavy atom. The average Bonchev–Trinajstić information content (AvgIpc) is 2.64. The highest BCUT2D eigenvalue weighted by Crippen LogP contribution is 2.17. The minimum absolute atomic E-state index is 0.00367. The van der Waals surface area contributed by atoms with Crippen molar-refractivity contribution < 1.29 is 22.4 Å². The summed E-state index contributed by atoms with van der Waals surface area (Å²) < 4.78 is 39.6. The summed E-state index contributed by atoms with van der Waals surface area (Å²) in [5.74, 6) is -0.978. The second kappa shape index (κ2) is 9.40. The Kier molecular flexibility index (Phi) is 7.45. The number of likely N-dealkylation sites (N-methyl/N-ethyl adjacent to an activating group) is 1. The predicted octanol–water partition coefficient (Wildman–Crippen LogP) is 2.77. The second-order valence-corrected chi connectivity index (χ2v) is 9.09. The third kappa shape index (κ3) is 5.70. The number of Topliss-reactive ketones (excluding diaryl/α,β-unsaturated/α-hetero) is 1. The van der Waals surface area contributed by atoms with Gasteiger partial charge in [0.2, 0.25) is 15.9 Å². The van der Waals surface area contributed by atoms with Crippen LogP contribution in [0.4, 0.5) is 4.39 Å². The van der Waals surface area contributed by atoms with Crippen molar-refractivity contribution >= 4 is 37.6 Å². The zero-order chi connectivity index (χ0) is 20.9. The Hall–Kier alpha value is -2.10.